The van der Waals surface area contributed by atoms with Gasteiger partial charge in [-0.2, -0.15) is 0 Å². The third-order valence-corrected chi connectivity index (χ3v) is 4.62. The number of hydrogen-bond acceptors (Lipinski definition) is 3. The fourth-order valence-electron chi connectivity index (χ4n) is 3.08. The molecule has 1 aliphatic carbocycles. The van der Waals surface area contributed by atoms with Gasteiger partial charge in [-0.05, 0) is 18.8 Å². The Balaban J connectivity index is 1.84. The standard InChI is InChI=1S/C18H32N4O/c1-6-13-8-7-9-14(10-13)22-17(19-5)21-12-16-20-11-15(23-16)18(2,3)4/h11,13-14H,6-10,12H2,1-5H3,(H2,19,21,22). The third kappa shape index (κ3) is 5.26. The lowest BCUT2D eigenvalue weighted by molar-refractivity contribution is 0.298. The zero-order chi connectivity index (χ0) is 16.9. The van der Waals surface area contributed by atoms with Crippen LogP contribution >= 0.6 is 0 Å². The van der Waals surface area contributed by atoms with E-state index in [1.54, 1.807) is 0 Å². The second kappa shape index (κ2) is 7.84. The molecular weight excluding hydrogens is 288 g/mol. The summed E-state index contributed by atoms with van der Waals surface area (Å²) in [5, 5.41) is 6.86. The molecule has 130 valence electrons. The highest BCUT2D eigenvalue weighted by Gasteiger charge is 2.22. The van der Waals surface area contributed by atoms with Crippen molar-refractivity contribution in [2.75, 3.05) is 7.05 Å². The molecular formula is C18H32N4O. The van der Waals surface area contributed by atoms with Crippen molar-refractivity contribution in [3.63, 3.8) is 0 Å². The lowest BCUT2D eigenvalue weighted by Gasteiger charge is -2.30. The topological polar surface area (TPSA) is 62.5 Å². The van der Waals surface area contributed by atoms with Crippen molar-refractivity contribution in [3.8, 4) is 0 Å². The van der Waals surface area contributed by atoms with Crippen LogP contribution in [0.5, 0.6) is 0 Å². The van der Waals surface area contributed by atoms with Crippen molar-refractivity contribution in [2.45, 2.75) is 77.8 Å². The van der Waals surface area contributed by atoms with Crippen LogP contribution in [0.1, 0.15) is 71.5 Å². The van der Waals surface area contributed by atoms with Crippen LogP contribution in [0.4, 0.5) is 0 Å². The normalized spacial score (nSPS) is 22.9. The summed E-state index contributed by atoms with van der Waals surface area (Å²) < 4.78 is 5.81. The van der Waals surface area contributed by atoms with Crippen molar-refractivity contribution in [2.24, 2.45) is 10.9 Å². The Kier molecular flexibility index (Phi) is 6.08. The molecule has 1 aliphatic rings. The molecule has 1 heterocycles. The van der Waals surface area contributed by atoms with Crippen molar-refractivity contribution < 1.29 is 4.42 Å². The number of rotatable bonds is 4. The Morgan fingerprint density at radius 2 is 2.17 bits per heavy atom. The van der Waals surface area contributed by atoms with Gasteiger partial charge in [-0.25, -0.2) is 4.98 Å². The van der Waals surface area contributed by atoms with Crippen LogP contribution in [0.15, 0.2) is 15.6 Å². The van der Waals surface area contributed by atoms with Gasteiger partial charge in [0, 0.05) is 18.5 Å². The summed E-state index contributed by atoms with van der Waals surface area (Å²) in [6, 6.07) is 0.523. The quantitative estimate of drug-likeness (QED) is 0.657. The molecule has 0 aromatic carbocycles. The zero-order valence-electron chi connectivity index (χ0n) is 15.3. The SMILES string of the molecule is CCC1CCCC(NC(=NC)NCc2ncc(C(C)(C)C)o2)C1. The molecule has 23 heavy (non-hydrogen) atoms. The minimum atomic E-state index is -0.0115. The first kappa shape index (κ1) is 17.8. The van der Waals surface area contributed by atoms with Crippen LogP contribution in [-0.2, 0) is 12.0 Å². The highest BCUT2D eigenvalue weighted by atomic mass is 16.4. The number of nitrogens with one attached hydrogen (secondary N) is 2. The molecule has 5 heteroatoms. The van der Waals surface area contributed by atoms with Crippen LogP contribution < -0.4 is 10.6 Å². The van der Waals surface area contributed by atoms with Crippen molar-refractivity contribution in [1.82, 2.24) is 15.6 Å². The number of hydrogen-bond donors (Lipinski definition) is 2. The van der Waals surface area contributed by atoms with E-state index in [-0.39, 0.29) is 5.41 Å². The molecule has 2 atom stereocenters. The number of guanidine groups is 1. The fourth-order valence-corrected chi connectivity index (χ4v) is 3.08. The van der Waals surface area contributed by atoms with E-state index in [1.807, 2.05) is 13.2 Å². The predicted octanol–water partition coefficient (Wildman–Crippen LogP) is 3.61. The highest BCUT2D eigenvalue weighted by Crippen LogP contribution is 2.26. The molecule has 5 nitrogen and oxygen atoms in total. The van der Waals surface area contributed by atoms with Gasteiger partial charge in [-0.1, -0.05) is 47.0 Å². The van der Waals surface area contributed by atoms with E-state index < -0.39 is 0 Å². The zero-order valence-corrected chi connectivity index (χ0v) is 15.3. The van der Waals surface area contributed by atoms with Gasteiger partial charge < -0.3 is 15.1 Å². The minimum absolute atomic E-state index is 0.0115. The lowest BCUT2D eigenvalue weighted by Crippen LogP contribution is -2.45. The Bertz CT molecular complexity index is 515. The first-order chi connectivity index (χ1) is 10.9. The molecule has 2 N–H and O–H groups in total. The van der Waals surface area contributed by atoms with Gasteiger partial charge >= 0.3 is 0 Å². The maximum absolute atomic E-state index is 5.81. The van der Waals surface area contributed by atoms with Gasteiger partial charge in [-0.3, -0.25) is 4.99 Å². The molecule has 0 saturated heterocycles. The molecule has 2 rings (SSSR count). The molecule has 1 fully saturated rings. The summed E-state index contributed by atoms with van der Waals surface area (Å²) in [6.45, 7) is 9.21. The van der Waals surface area contributed by atoms with Crippen molar-refractivity contribution >= 4 is 5.96 Å². The molecule has 0 bridgehead atoms. The van der Waals surface area contributed by atoms with E-state index in [2.05, 4.69) is 48.3 Å². The van der Waals surface area contributed by atoms with E-state index in [9.17, 15) is 0 Å². The number of nitrogens with zero attached hydrogens (tertiary/aromatic N) is 2. The largest absolute Gasteiger partial charge is 0.443 e. The molecule has 0 aliphatic heterocycles. The monoisotopic (exact) mass is 320 g/mol. The van der Waals surface area contributed by atoms with Gasteiger partial charge in [-0.15, -0.1) is 0 Å². The van der Waals surface area contributed by atoms with Crippen LogP contribution in [0.3, 0.4) is 0 Å². The summed E-state index contributed by atoms with van der Waals surface area (Å²) in [6.07, 6.45) is 8.24. The van der Waals surface area contributed by atoms with Gasteiger partial charge in [0.05, 0.1) is 12.7 Å². The van der Waals surface area contributed by atoms with E-state index in [4.69, 9.17) is 4.42 Å². The smallest absolute Gasteiger partial charge is 0.213 e. The Morgan fingerprint density at radius 1 is 1.39 bits per heavy atom. The van der Waals surface area contributed by atoms with Crippen molar-refractivity contribution in [3.05, 3.63) is 17.8 Å². The number of aromatic nitrogens is 1. The average molecular weight is 320 g/mol. The maximum Gasteiger partial charge on any atom is 0.213 e. The van der Waals surface area contributed by atoms with Crippen LogP contribution in [0, 0.1) is 5.92 Å². The second-order valence-corrected chi connectivity index (χ2v) is 7.58. The van der Waals surface area contributed by atoms with E-state index >= 15 is 0 Å². The lowest BCUT2D eigenvalue weighted by atomic mass is 9.84. The molecule has 1 saturated carbocycles. The van der Waals surface area contributed by atoms with Crippen molar-refractivity contribution in [1.29, 1.82) is 0 Å². The second-order valence-electron chi connectivity index (χ2n) is 7.58. The molecule has 1 aromatic heterocycles. The number of aliphatic imine (C=N–C) groups is 1. The Labute approximate surface area is 140 Å². The third-order valence-electron chi connectivity index (χ3n) is 4.62. The predicted molar refractivity (Wildman–Crippen MR) is 94.6 cm³/mol. The summed E-state index contributed by atoms with van der Waals surface area (Å²) in [5.41, 5.74) is -0.0115. The molecule has 0 radical (unpaired) electrons. The van der Waals surface area contributed by atoms with Crippen LogP contribution in [-0.4, -0.2) is 24.0 Å². The highest BCUT2D eigenvalue weighted by molar-refractivity contribution is 5.79. The van der Waals surface area contributed by atoms with E-state index in [0.717, 1.165) is 17.6 Å². The summed E-state index contributed by atoms with van der Waals surface area (Å²) in [4.78, 5) is 8.68. The first-order valence-corrected chi connectivity index (χ1v) is 8.84. The maximum atomic E-state index is 5.81. The molecule has 2 unspecified atom stereocenters. The Morgan fingerprint density at radius 3 is 2.78 bits per heavy atom. The van der Waals surface area contributed by atoms with Gasteiger partial charge in [0.1, 0.15) is 5.76 Å². The minimum Gasteiger partial charge on any atom is -0.443 e. The van der Waals surface area contributed by atoms with Crippen LogP contribution in [0.2, 0.25) is 0 Å². The first-order valence-electron chi connectivity index (χ1n) is 8.84. The fraction of sp³-hybridized carbons (Fsp3) is 0.778. The average Bonchev–Trinajstić information content (AvgIpc) is 3.00. The molecule has 1 aromatic rings. The van der Waals surface area contributed by atoms with Gasteiger partial charge in [0.15, 0.2) is 5.96 Å². The summed E-state index contributed by atoms with van der Waals surface area (Å²) in [7, 11) is 1.81. The van der Waals surface area contributed by atoms with Gasteiger partial charge in [0.2, 0.25) is 5.89 Å². The Hall–Kier alpha value is -1.52. The summed E-state index contributed by atoms with van der Waals surface area (Å²) >= 11 is 0. The van der Waals surface area contributed by atoms with E-state index in [1.165, 1.54) is 32.1 Å². The van der Waals surface area contributed by atoms with E-state index in [0.29, 0.717) is 18.5 Å². The molecule has 0 amide bonds. The van der Waals surface area contributed by atoms with Crippen LogP contribution in [0.25, 0.3) is 0 Å². The number of oxazole rings is 1. The summed E-state index contributed by atoms with van der Waals surface area (Å²) in [5.74, 6) is 3.30. The van der Waals surface area contributed by atoms with Gasteiger partial charge in [0.25, 0.3) is 0 Å². The molecule has 0 spiro atoms.